The summed E-state index contributed by atoms with van der Waals surface area (Å²) in [6.07, 6.45) is 2.51. The van der Waals surface area contributed by atoms with Crippen molar-refractivity contribution in [2.75, 3.05) is 23.7 Å². The molecular formula is C9H11N3OS. The predicted octanol–water partition coefficient (Wildman–Crippen LogP) is 2.07. The number of furan rings is 1. The number of aromatic nitrogens is 1. The van der Waals surface area contributed by atoms with Gasteiger partial charge in [-0.2, -0.15) is 4.98 Å². The number of anilines is 2. The maximum Gasteiger partial charge on any atom is 0.241 e. The van der Waals surface area contributed by atoms with E-state index in [-0.39, 0.29) is 0 Å². The molecule has 4 nitrogen and oxygen atoms in total. The first-order chi connectivity index (χ1) is 6.83. The molecule has 1 aliphatic rings. The molecule has 3 rings (SSSR count). The molecule has 14 heavy (non-hydrogen) atoms. The van der Waals surface area contributed by atoms with E-state index in [1.807, 2.05) is 6.07 Å². The van der Waals surface area contributed by atoms with Crippen LogP contribution in [-0.4, -0.2) is 18.1 Å². The van der Waals surface area contributed by atoms with E-state index in [9.17, 15) is 0 Å². The predicted molar refractivity (Wildman–Crippen MR) is 57.7 cm³/mol. The van der Waals surface area contributed by atoms with E-state index in [2.05, 4.69) is 9.88 Å². The highest BCUT2D eigenvalue weighted by Gasteiger charge is 2.17. The van der Waals surface area contributed by atoms with Crippen LogP contribution in [0.1, 0.15) is 12.8 Å². The Morgan fingerprint density at radius 3 is 2.93 bits per heavy atom. The van der Waals surface area contributed by atoms with E-state index in [1.165, 1.54) is 24.2 Å². The summed E-state index contributed by atoms with van der Waals surface area (Å²) in [5.41, 5.74) is 6.25. The molecule has 0 aromatic carbocycles. The SMILES string of the molecule is Nc1nc2oc(N3CCCC3)cc2s1. The Labute approximate surface area is 85.3 Å². The molecule has 2 N–H and O–H groups in total. The van der Waals surface area contributed by atoms with Crippen molar-refractivity contribution in [1.29, 1.82) is 0 Å². The third-order valence-electron chi connectivity index (χ3n) is 2.51. The van der Waals surface area contributed by atoms with Crippen molar-refractivity contribution in [3.05, 3.63) is 6.07 Å². The fourth-order valence-electron chi connectivity index (χ4n) is 1.83. The van der Waals surface area contributed by atoms with E-state index in [0.29, 0.717) is 10.8 Å². The van der Waals surface area contributed by atoms with Crippen LogP contribution in [-0.2, 0) is 0 Å². The molecule has 5 heteroatoms. The zero-order valence-corrected chi connectivity index (χ0v) is 8.51. The van der Waals surface area contributed by atoms with Crippen LogP contribution in [0, 0.1) is 0 Å². The van der Waals surface area contributed by atoms with Crippen LogP contribution in [0.3, 0.4) is 0 Å². The fraction of sp³-hybridized carbons (Fsp3) is 0.444. The second-order valence-electron chi connectivity index (χ2n) is 3.50. The number of nitrogens with zero attached hydrogens (tertiary/aromatic N) is 2. The minimum atomic E-state index is 0.576. The van der Waals surface area contributed by atoms with Crippen LogP contribution >= 0.6 is 11.3 Å². The maximum absolute atomic E-state index is 5.62. The summed E-state index contributed by atoms with van der Waals surface area (Å²) >= 11 is 1.48. The Balaban J connectivity index is 2.01. The van der Waals surface area contributed by atoms with Gasteiger partial charge in [-0.05, 0) is 12.8 Å². The van der Waals surface area contributed by atoms with Crippen LogP contribution in [0.25, 0.3) is 10.4 Å². The molecule has 0 spiro atoms. The summed E-state index contributed by atoms with van der Waals surface area (Å²) in [6, 6.07) is 2.04. The van der Waals surface area contributed by atoms with Gasteiger partial charge in [0.2, 0.25) is 5.71 Å². The number of hydrogen-bond donors (Lipinski definition) is 1. The van der Waals surface area contributed by atoms with Crippen molar-refractivity contribution < 1.29 is 4.42 Å². The summed E-state index contributed by atoms with van der Waals surface area (Å²) in [5.74, 6) is 0.941. The van der Waals surface area contributed by atoms with Crippen molar-refractivity contribution >= 4 is 32.8 Å². The molecule has 3 heterocycles. The molecule has 0 atom stereocenters. The van der Waals surface area contributed by atoms with E-state index < -0.39 is 0 Å². The van der Waals surface area contributed by atoms with Gasteiger partial charge < -0.3 is 15.1 Å². The Kier molecular flexibility index (Phi) is 1.67. The third kappa shape index (κ3) is 1.16. The summed E-state index contributed by atoms with van der Waals surface area (Å²) in [4.78, 5) is 6.36. The number of hydrogen-bond acceptors (Lipinski definition) is 5. The van der Waals surface area contributed by atoms with Crippen molar-refractivity contribution in [2.24, 2.45) is 0 Å². The second kappa shape index (κ2) is 2.88. The lowest BCUT2D eigenvalue weighted by Crippen LogP contribution is -2.16. The standard InChI is InChI=1S/C9H11N3OS/c10-9-11-8-6(14-9)5-7(13-8)12-3-1-2-4-12/h5H,1-4H2,(H2,10,11). The average Bonchev–Trinajstić information content (AvgIpc) is 2.74. The normalized spacial score (nSPS) is 17.0. The number of nitrogen functional groups attached to an aromatic ring is 1. The number of nitrogens with two attached hydrogens (primary N) is 1. The van der Waals surface area contributed by atoms with Gasteiger partial charge in [0.1, 0.15) is 0 Å². The van der Waals surface area contributed by atoms with E-state index in [0.717, 1.165) is 23.7 Å². The summed E-state index contributed by atoms with van der Waals surface area (Å²) < 4.78 is 6.66. The molecule has 1 fully saturated rings. The summed E-state index contributed by atoms with van der Waals surface area (Å²) in [5, 5.41) is 0.576. The Morgan fingerprint density at radius 2 is 2.21 bits per heavy atom. The molecular weight excluding hydrogens is 198 g/mol. The van der Waals surface area contributed by atoms with Gasteiger partial charge >= 0.3 is 0 Å². The lowest BCUT2D eigenvalue weighted by molar-refractivity contribution is 0.590. The molecule has 0 amide bonds. The van der Waals surface area contributed by atoms with Crippen molar-refractivity contribution in [2.45, 2.75) is 12.8 Å². The molecule has 1 aliphatic heterocycles. The van der Waals surface area contributed by atoms with Gasteiger partial charge in [0.25, 0.3) is 0 Å². The van der Waals surface area contributed by atoms with Gasteiger partial charge in [-0.25, -0.2) is 0 Å². The Morgan fingerprint density at radius 1 is 1.43 bits per heavy atom. The van der Waals surface area contributed by atoms with Crippen LogP contribution in [0.2, 0.25) is 0 Å². The van der Waals surface area contributed by atoms with Gasteiger partial charge in [-0.1, -0.05) is 11.3 Å². The fourth-order valence-corrected chi connectivity index (χ4v) is 2.52. The largest absolute Gasteiger partial charge is 0.421 e. The van der Waals surface area contributed by atoms with Gasteiger partial charge in [0.15, 0.2) is 11.0 Å². The zero-order valence-electron chi connectivity index (χ0n) is 7.69. The Bertz CT molecular complexity index is 424. The molecule has 0 bridgehead atoms. The molecule has 0 radical (unpaired) electrons. The van der Waals surface area contributed by atoms with Crippen LogP contribution in [0.15, 0.2) is 10.5 Å². The van der Waals surface area contributed by atoms with E-state index in [1.54, 1.807) is 0 Å². The van der Waals surface area contributed by atoms with E-state index in [4.69, 9.17) is 10.2 Å². The zero-order chi connectivity index (χ0) is 9.54. The lowest BCUT2D eigenvalue weighted by atomic mass is 10.4. The van der Waals surface area contributed by atoms with E-state index >= 15 is 0 Å². The molecule has 0 aliphatic carbocycles. The van der Waals surface area contributed by atoms with Crippen LogP contribution < -0.4 is 10.6 Å². The van der Waals surface area contributed by atoms with Gasteiger partial charge in [-0.15, -0.1) is 0 Å². The van der Waals surface area contributed by atoms with Gasteiger partial charge in [-0.3, -0.25) is 0 Å². The van der Waals surface area contributed by atoms with Crippen molar-refractivity contribution in [3.8, 4) is 0 Å². The van der Waals surface area contributed by atoms with Crippen molar-refractivity contribution in [1.82, 2.24) is 4.98 Å². The first-order valence-electron chi connectivity index (χ1n) is 4.74. The molecule has 0 unspecified atom stereocenters. The maximum atomic E-state index is 5.62. The van der Waals surface area contributed by atoms with Gasteiger partial charge in [0.05, 0.1) is 4.70 Å². The van der Waals surface area contributed by atoms with Crippen LogP contribution in [0.5, 0.6) is 0 Å². The minimum Gasteiger partial charge on any atom is -0.421 e. The molecule has 1 saturated heterocycles. The highest BCUT2D eigenvalue weighted by molar-refractivity contribution is 7.22. The monoisotopic (exact) mass is 209 g/mol. The number of rotatable bonds is 1. The third-order valence-corrected chi connectivity index (χ3v) is 3.32. The molecule has 74 valence electrons. The highest BCUT2D eigenvalue weighted by atomic mass is 32.1. The average molecular weight is 209 g/mol. The van der Waals surface area contributed by atoms with Gasteiger partial charge in [0, 0.05) is 19.2 Å². The second-order valence-corrected chi connectivity index (χ2v) is 4.56. The quantitative estimate of drug-likeness (QED) is 0.781. The first kappa shape index (κ1) is 8.11. The molecule has 2 aromatic rings. The smallest absolute Gasteiger partial charge is 0.241 e. The Hall–Kier alpha value is -1.23. The molecule has 2 aromatic heterocycles. The first-order valence-corrected chi connectivity index (χ1v) is 5.55. The highest BCUT2D eigenvalue weighted by Crippen LogP contribution is 2.32. The summed E-state index contributed by atoms with van der Waals surface area (Å²) in [7, 11) is 0. The number of fused-ring (bicyclic) bond motifs is 1. The van der Waals surface area contributed by atoms with Crippen LogP contribution in [0.4, 0.5) is 11.0 Å². The lowest BCUT2D eigenvalue weighted by Gasteiger charge is -2.11. The molecule has 0 saturated carbocycles. The topological polar surface area (TPSA) is 55.3 Å². The van der Waals surface area contributed by atoms with Crippen molar-refractivity contribution in [3.63, 3.8) is 0 Å². The number of thiazole rings is 1. The minimum absolute atomic E-state index is 0.576. The summed E-state index contributed by atoms with van der Waals surface area (Å²) in [6.45, 7) is 2.19.